The molecular weight excluding hydrogens is 292 g/mol. The molecule has 0 bridgehead atoms. The number of nitrogens with one attached hydrogen (secondary N) is 1. The van der Waals surface area contributed by atoms with E-state index in [-0.39, 0.29) is 18.9 Å². The first-order valence-corrected chi connectivity index (χ1v) is 7.12. The van der Waals surface area contributed by atoms with Gasteiger partial charge in [0.2, 0.25) is 0 Å². The smallest absolute Gasteiger partial charge is 0.330 e. The van der Waals surface area contributed by atoms with Gasteiger partial charge in [-0.05, 0) is 6.92 Å². The van der Waals surface area contributed by atoms with E-state index in [0.717, 1.165) is 0 Å². The molecule has 1 aromatic rings. The number of rotatable bonds is 4. The van der Waals surface area contributed by atoms with E-state index in [0.29, 0.717) is 5.56 Å². The van der Waals surface area contributed by atoms with Gasteiger partial charge in [-0.2, -0.15) is 0 Å². The van der Waals surface area contributed by atoms with Gasteiger partial charge in [-0.25, -0.2) is 4.79 Å². The lowest BCUT2D eigenvalue weighted by molar-refractivity contribution is -0.156. The largest absolute Gasteiger partial charge is 0.459 e. The highest BCUT2D eigenvalue weighted by molar-refractivity contribution is 5.71. The van der Waals surface area contributed by atoms with Gasteiger partial charge in [0.1, 0.15) is 18.4 Å². The molecule has 1 saturated heterocycles. The molecule has 0 unspecified atom stereocenters. The summed E-state index contributed by atoms with van der Waals surface area (Å²) in [4.78, 5) is 37.1. The fraction of sp³-hybridized carbons (Fsp3) is 0.643. The predicted molar refractivity (Wildman–Crippen MR) is 76.4 cm³/mol. The van der Waals surface area contributed by atoms with E-state index in [9.17, 15) is 19.5 Å². The Labute approximate surface area is 126 Å². The number of H-pyrrole nitrogens is 1. The van der Waals surface area contributed by atoms with E-state index in [1.807, 2.05) is 0 Å². The van der Waals surface area contributed by atoms with Crippen LogP contribution in [0.2, 0.25) is 0 Å². The summed E-state index contributed by atoms with van der Waals surface area (Å²) in [5.74, 6) is -0.686. The summed E-state index contributed by atoms with van der Waals surface area (Å²) >= 11 is 0. The maximum Gasteiger partial charge on any atom is 0.330 e. The number of carbonyl (C=O) groups is 1. The van der Waals surface area contributed by atoms with Crippen molar-refractivity contribution in [2.75, 3.05) is 6.61 Å². The number of carbonyl (C=O) groups excluding carboxylic acids is 1. The SMILES string of the molecule is Cc1cn([C@H]2C[C@H](OC(=O)C(C)C)[C@@H](CO)O2)c(=O)[nH]c1=O. The zero-order chi connectivity index (χ0) is 16.4. The standard InChI is InChI=1S/C14H20N2O6/c1-7(2)13(19)22-9-4-11(21-10(9)6-17)16-5-8(3)12(18)15-14(16)20/h5,7,9-11,17H,4,6H2,1-3H3,(H,15,18,20)/t9-,10+,11+/m0/s1. The first-order valence-electron chi connectivity index (χ1n) is 7.12. The Bertz CT molecular complexity index is 662. The van der Waals surface area contributed by atoms with E-state index in [4.69, 9.17) is 9.47 Å². The third-order valence-electron chi connectivity index (χ3n) is 3.56. The number of aromatic amines is 1. The molecule has 1 aliphatic rings. The van der Waals surface area contributed by atoms with Crippen LogP contribution in [0.3, 0.4) is 0 Å². The first kappa shape index (κ1) is 16.4. The lowest BCUT2D eigenvalue weighted by Gasteiger charge is -2.17. The number of hydrogen-bond donors (Lipinski definition) is 2. The second-order valence-electron chi connectivity index (χ2n) is 5.66. The van der Waals surface area contributed by atoms with Gasteiger partial charge in [-0.1, -0.05) is 13.8 Å². The lowest BCUT2D eigenvalue weighted by Crippen LogP contribution is -2.33. The van der Waals surface area contributed by atoms with Crippen molar-refractivity contribution in [1.82, 2.24) is 9.55 Å². The maximum atomic E-state index is 11.9. The fourth-order valence-corrected chi connectivity index (χ4v) is 2.24. The van der Waals surface area contributed by atoms with Crippen molar-refractivity contribution in [2.24, 2.45) is 5.92 Å². The molecule has 1 aromatic heterocycles. The summed E-state index contributed by atoms with van der Waals surface area (Å²) in [5, 5.41) is 9.36. The zero-order valence-corrected chi connectivity index (χ0v) is 12.7. The minimum atomic E-state index is -0.704. The Hall–Kier alpha value is -1.93. The quantitative estimate of drug-likeness (QED) is 0.738. The van der Waals surface area contributed by atoms with Crippen LogP contribution < -0.4 is 11.2 Å². The van der Waals surface area contributed by atoms with Gasteiger partial charge in [-0.15, -0.1) is 0 Å². The molecule has 0 radical (unpaired) electrons. The van der Waals surface area contributed by atoms with Gasteiger partial charge in [0.05, 0.1) is 12.5 Å². The van der Waals surface area contributed by atoms with Crippen LogP contribution >= 0.6 is 0 Å². The summed E-state index contributed by atoms with van der Waals surface area (Å²) in [6.45, 7) is 4.66. The molecule has 22 heavy (non-hydrogen) atoms. The predicted octanol–water partition coefficient (Wildman–Crippen LogP) is -0.307. The highest BCUT2D eigenvalue weighted by atomic mass is 16.6. The van der Waals surface area contributed by atoms with Gasteiger partial charge in [-0.3, -0.25) is 19.1 Å². The second-order valence-corrected chi connectivity index (χ2v) is 5.66. The van der Waals surface area contributed by atoms with Crippen LogP contribution in [0.1, 0.15) is 32.1 Å². The molecule has 0 saturated carbocycles. The number of aromatic nitrogens is 2. The molecule has 122 valence electrons. The van der Waals surface area contributed by atoms with Gasteiger partial charge in [0.15, 0.2) is 0 Å². The van der Waals surface area contributed by atoms with E-state index >= 15 is 0 Å². The Morgan fingerprint density at radius 2 is 2.23 bits per heavy atom. The Morgan fingerprint density at radius 3 is 2.82 bits per heavy atom. The Kier molecular flexibility index (Phi) is 4.82. The zero-order valence-electron chi connectivity index (χ0n) is 12.7. The lowest BCUT2D eigenvalue weighted by atomic mass is 10.1. The topological polar surface area (TPSA) is 111 Å². The first-order chi connectivity index (χ1) is 10.3. The molecule has 0 aliphatic carbocycles. The minimum Gasteiger partial charge on any atom is -0.459 e. The molecule has 2 N–H and O–H groups in total. The number of nitrogens with zero attached hydrogens (tertiary/aromatic N) is 1. The highest BCUT2D eigenvalue weighted by Crippen LogP contribution is 2.30. The van der Waals surface area contributed by atoms with Gasteiger partial charge in [0, 0.05) is 18.2 Å². The van der Waals surface area contributed by atoms with Crippen LogP contribution in [0, 0.1) is 12.8 Å². The van der Waals surface area contributed by atoms with Crippen molar-refractivity contribution in [3.05, 3.63) is 32.6 Å². The molecule has 2 heterocycles. The molecule has 0 spiro atoms. The van der Waals surface area contributed by atoms with Crippen LogP contribution in [-0.4, -0.2) is 39.4 Å². The van der Waals surface area contributed by atoms with Crippen LogP contribution in [0.5, 0.6) is 0 Å². The average Bonchev–Trinajstić information content (AvgIpc) is 2.85. The monoisotopic (exact) mass is 312 g/mol. The molecule has 0 amide bonds. The molecular formula is C14H20N2O6. The van der Waals surface area contributed by atoms with E-state index in [1.165, 1.54) is 10.8 Å². The third kappa shape index (κ3) is 3.28. The average molecular weight is 312 g/mol. The van der Waals surface area contributed by atoms with Crippen molar-refractivity contribution in [3.63, 3.8) is 0 Å². The van der Waals surface area contributed by atoms with Crippen molar-refractivity contribution >= 4 is 5.97 Å². The number of ether oxygens (including phenoxy) is 2. The second kappa shape index (κ2) is 6.45. The molecule has 3 atom stereocenters. The van der Waals surface area contributed by atoms with Crippen LogP contribution in [0.15, 0.2) is 15.8 Å². The molecule has 8 nitrogen and oxygen atoms in total. The highest BCUT2D eigenvalue weighted by Gasteiger charge is 2.39. The van der Waals surface area contributed by atoms with E-state index in [2.05, 4.69) is 4.98 Å². The fourth-order valence-electron chi connectivity index (χ4n) is 2.24. The number of hydrogen-bond acceptors (Lipinski definition) is 6. The van der Waals surface area contributed by atoms with Gasteiger partial charge < -0.3 is 14.6 Å². The van der Waals surface area contributed by atoms with Crippen LogP contribution in [0.25, 0.3) is 0 Å². The van der Waals surface area contributed by atoms with Crippen molar-refractivity contribution in [3.8, 4) is 0 Å². The van der Waals surface area contributed by atoms with E-state index in [1.54, 1.807) is 20.8 Å². The number of aliphatic hydroxyl groups excluding tert-OH is 1. The van der Waals surface area contributed by atoms with Gasteiger partial charge >= 0.3 is 11.7 Å². The number of esters is 1. The summed E-state index contributed by atoms with van der Waals surface area (Å²) in [5.41, 5.74) is -0.694. The Morgan fingerprint density at radius 1 is 1.55 bits per heavy atom. The summed E-state index contributed by atoms with van der Waals surface area (Å²) < 4.78 is 12.1. The summed E-state index contributed by atoms with van der Waals surface area (Å²) in [6, 6.07) is 0. The third-order valence-corrected chi connectivity index (χ3v) is 3.56. The van der Waals surface area contributed by atoms with Crippen LogP contribution in [0.4, 0.5) is 0 Å². The summed E-state index contributed by atoms with van der Waals surface area (Å²) in [6.07, 6.45) is -0.414. The number of aliphatic hydroxyl groups is 1. The van der Waals surface area contributed by atoms with Crippen LogP contribution in [-0.2, 0) is 14.3 Å². The van der Waals surface area contributed by atoms with E-state index < -0.39 is 35.7 Å². The molecule has 2 rings (SSSR count). The maximum absolute atomic E-state index is 11.9. The Balaban J connectivity index is 2.22. The minimum absolute atomic E-state index is 0.231. The van der Waals surface area contributed by atoms with Gasteiger partial charge in [0.25, 0.3) is 5.56 Å². The molecule has 8 heteroatoms. The molecule has 1 aliphatic heterocycles. The molecule has 1 fully saturated rings. The number of aryl methyl sites for hydroxylation is 1. The molecule has 0 aromatic carbocycles. The van der Waals surface area contributed by atoms with Crippen molar-refractivity contribution < 1.29 is 19.4 Å². The summed E-state index contributed by atoms with van der Waals surface area (Å²) in [7, 11) is 0. The normalized spacial score (nSPS) is 24.7. The van der Waals surface area contributed by atoms with Crippen molar-refractivity contribution in [2.45, 2.75) is 45.6 Å². The van der Waals surface area contributed by atoms with Crippen molar-refractivity contribution in [1.29, 1.82) is 0 Å².